The minimum absolute atomic E-state index is 0.0567. The molecule has 0 atom stereocenters. The number of nitrogens with zero attached hydrogens (tertiary/aromatic N) is 1. The predicted molar refractivity (Wildman–Crippen MR) is 77.1 cm³/mol. The number of amides is 2. The molecular formula is C16H25NO3. The quantitative estimate of drug-likeness (QED) is 0.574. The largest absolute Gasteiger partial charge is 0.373 e. The van der Waals surface area contributed by atoms with Crippen molar-refractivity contribution in [1.29, 1.82) is 0 Å². The van der Waals surface area contributed by atoms with E-state index in [0.717, 1.165) is 12.8 Å². The number of carbonyl (C=O) groups is 2. The van der Waals surface area contributed by atoms with Crippen molar-refractivity contribution in [2.45, 2.75) is 58.0 Å². The molecule has 1 heterocycles. The van der Waals surface area contributed by atoms with Gasteiger partial charge in [-0.1, -0.05) is 33.3 Å². The molecule has 0 aromatic heterocycles. The lowest BCUT2D eigenvalue weighted by atomic mass is 9.88. The van der Waals surface area contributed by atoms with Crippen LogP contribution >= 0.6 is 0 Å². The third-order valence-electron chi connectivity index (χ3n) is 4.70. The zero-order valence-electron chi connectivity index (χ0n) is 12.6. The summed E-state index contributed by atoms with van der Waals surface area (Å²) in [5.41, 5.74) is 0.475. The van der Waals surface area contributed by atoms with E-state index in [2.05, 4.69) is 20.4 Å². The fourth-order valence-electron chi connectivity index (χ4n) is 3.23. The third kappa shape index (κ3) is 2.95. The van der Waals surface area contributed by atoms with Crippen molar-refractivity contribution in [1.82, 2.24) is 4.90 Å². The highest BCUT2D eigenvalue weighted by molar-refractivity contribution is 6.06. The summed E-state index contributed by atoms with van der Waals surface area (Å²) < 4.78 is 6.11. The van der Waals surface area contributed by atoms with Crippen molar-refractivity contribution < 1.29 is 14.3 Å². The smallest absolute Gasteiger partial charge is 0.255 e. The van der Waals surface area contributed by atoms with Crippen LogP contribution in [0.1, 0.15) is 52.4 Å². The molecule has 0 aromatic rings. The molecule has 0 spiro atoms. The molecule has 1 saturated heterocycles. The van der Waals surface area contributed by atoms with Gasteiger partial charge in [-0.15, -0.1) is 0 Å². The molecule has 0 bridgehead atoms. The van der Waals surface area contributed by atoms with Gasteiger partial charge in [-0.25, -0.2) is 0 Å². The number of hydrogen-bond donors (Lipinski definition) is 0. The van der Waals surface area contributed by atoms with E-state index in [0.29, 0.717) is 37.5 Å². The molecule has 1 aliphatic carbocycles. The van der Waals surface area contributed by atoms with Crippen LogP contribution in [0, 0.1) is 5.92 Å². The Hall–Kier alpha value is -1.16. The summed E-state index contributed by atoms with van der Waals surface area (Å²) in [4.78, 5) is 25.0. The van der Waals surface area contributed by atoms with Gasteiger partial charge in [-0.2, -0.15) is 0 Å². The van der Waals surface area contributed by atoms with E-state index in [1.54, 1.807) is 0 Å². The van der Waals surface area contributed by atoms with Gasteiger partial charge in [0, 0.05) is 12.0 Å². The van der Waals surface area contributed by atoms with Crippen LogP contribution < -0.4 is 0 Å². The van der Waals surface area contributed by atoms with E-state index in [9.17, 15) is 9.59 Å². The second-order valence-electron chi connectivity index (χ2n) is 6.23. The van der Waals surface area contributed by atoms with Crippen molar-refractivity contribution in [3.8, 4) is 0 Å². The molecule has 1 aliphatic heterocycles. The Balaban J connectivity index is 1.90. The highest BCUT2D eigenvalue weighted by Gasteiger charge is 2.38. The maximum absolute atomic E-state index is 11.9. The van der Waals surface area contributed by atoms with E-state index in [-0.39, 0.29) is 17.4 Å². The summed E-state index contributed by atoms with van der Waals surface area (Å²) in [5.74, 6) is 0.138. The van der Waals surface area contributed by atoms with Crippen LogP contribution in [0.15, 0.2) is 12.2 Å². The summed E-state index contributed by atoms with van der Waals surface area (Å²) in [6, 6.07) is 0. The lowest BCUT2D eigenvalue weighted by molar-refractivity contribution is -0.147. The first-order chi connectivity index (χ1) is 9.46. The molecule has 0 unspecified atom stereocenters. The molecule has 2 amide bonds. The predicted octanol–water partition coefficient (Wildman–Crippen LogP) is 2.68. The van der Waals surface area contributed by atoms with Crippen molar-refractivity contribution in [2.75, 3.05) is 13.2 Å². The Kier molecular flexibility index (Phi) is 4.63. The van der Waals surface area contributed by atoms with Crippen molar-refractivity contribution in [3.05, 3.63) is 12.2 Å². The SMILES string of the molecule is C=C1CCC(=O)N(CCOC2(C(C)C)CCCC2)C1=O. The minimum Gasteiger partial charge on any atom is -0.373 e. The number of piperidine rings is 1. The topological polar surface area (TPSA) is 46.6 Å². The molecule has 2 aliphatic rings. The van der Waals surface area contributed by atoms with E-state index < -0.39 is 0 Å². The van der Waals surface area contributed by atoms with Gasteiger partial charge in [-0.3, -0.25) is 14.5 Å². The Morgan fingerprint density at radius 1 is 1.25 bits per heavy atom. The maximum Gasteiger partial charge on any atom is 0.255 e. The first kappa shape index (κ1) is 15.2. The summed E-state index contributed by atoms with van der Waals surface area (Å²) in [7, 11) is 0. The van der Waals surface area contributed by atoms with Crippen LogP contribution in [-0.4, -0.2) is 35.5 Å². The molecule has 0 N–H and O–H groups in total. The lowest BCUT2D eigenvalue weighted by Gasteiger charge is -2.35. The third-order valence-corrected chi connectivity index (χ3v) is 4.70. The monoisotopic (exact) mass is 279 g/mol. The molecule has 20 heavy (non-hydrogen) atoms. The van der Waals surface area contributed by atoms with E-state index >= 15 is 0 Å². The highest BCUT2D eigenvalue weighted by atomic mass is 16.5. The molecular weight excluding hydrogens is 254 g/mol. The Morgan fingerprint density at radius 3 is 2.50 bits per heavy atom. The van der Waals surface area contributed by atoms with E-state index in [4.69, 9.17) is 4.74 Å². The average Bonchev–Trinajstić information content (AvgIpc) is 2.88. The van der Waals surface area contributed by atoms with Gasteiger partial charge in [0.05, 0.1) is 18.8 Å². The second kappa shape index (κ2) is 6.08. The van der Waals surface area contributed by atoms with Crippen LogP contribution in [-0.2, 0) is 14.3 Å². The Bertz CT molecular complexity index is 408. The Labute approximate surface area is 121 Å². The molecule has 4 heteroatoms. The first-order valence-electron chi connectivity index (χ1n) is 7.63. The second-order valence-corrected chi connectivity index (χ2v) is 6.23. The fraction of sp³-hybridized carbons (Fsp3) is 0.750. The standard InChI is InChI=1S/C16H25NO3/c1-12(2)16(8-4-5-9-16)20-11-10-17-14(18)7-6-13(3)15(17)19/h12H,3-11H2,1-2H3. The number of hydrogen-bond acceptors (Lipinski definition) is 3. The van der Waals surface area contributed by atoms with Crippen LogP contribution in [0.2, 0.25) is 0 Å². The zero-order chi connectivity index (χ0) is 14.8. The number of likely N-dealkylation sites (tertiary alicyclic amines) is 1. The summed E-state index contributed by atoms with van der Waals surface area (Å²) in [5, 5.41) is 0. The first-order valence-corrected chi connectivity index (χ1v) is 7.63. The van der Waals surface area contributed by atoms with Crippen LogP contribution in [0.4, 0.5) is 0 Å². The van der Waals surface area contributed by atoms with Gasteiger partial charge in [-0.05, 0) is 25.2 Å². The number of carbonyl (C=O) groups excluding carboxylic acids is 2. The van der Waals surface area contributed by atoms with Gasteiger partial charge in [0.2, 0.25) is 5.91 Å². The molecule has 1 saturated carbocycles. The van der Waals surface area contributed by atoms with E-state index in [1.165, 1.54) is 17.7 Å². The van der Waals surface area contributed by atoms with Crippen molar-refractivity contribution in [2.24, 2.45) is 5.92 Å². The number of rotatable bonds is 5. The normalized spacial score (nSPS) is 22.9. The molecule has 2 rings (SSSR count). The number of ether oxygens (including phenoxy) is 1. The molecule has 2 fully saturated rings. The van der Waals surface area contributed by atoms with Crippen LogP contribution in [0.3, 0.4) is 0 Å². The fourth-order valence-corrected chi connectivity index (χ4v) is 3.23. The van der Waals surface area contributed by atoms with Crippen molar-refractivity contribution >= 4 is 11.8 Å². The van der Waals surface area contributed by atoms with Gasteiger partial charge >= 0.3 is 0 Å². The average molecular weight is 279 g/mol. The minimum atomic E-state index is -0.227. The van der Waals surface area contributed by atoms with Crippen LogP contribution in [0.5, 0.6) is 0 Å². The van der Waals surface area contributed by atoms with Gasteiger partial charge in [0.1, 0.15) is 0 Å². The number of imide groups is 1. The van der Waals surface area contributed by atoms with Crippen molar-refractivity contribution in [3.63, 3.8) is 0 Å². The molecule has 0 radical (unpaired) electrons. The van der Waals surface area contributed by atoms with Gasteiger partial charge in [0.25, 0.3) is 5.91 Å². The summed E-state index contributed by atoms with van der Waals surface area (Å²) in [6.45, 7) is 8.88. The highest BCUT2D eigenvalue weighted by Crippen LogP contribution is 2.39. The summed E-state index contributed by atoms with van der Waals surface area (Å²) in [6.07, 6.45) is 5.45. The summed E-state index contributed by atoms with van der Waals surface area (Å²) >= 11 is 0. The van der Waals surface area contributed by atoms with Crippen LogP contribution in [0.25, 0.3) is 0 Å². The maximum atomic E-state index is 11.9. The van der Waals surface area contributed by atoms with Gasteiger partial charge in [0.15, 0.2) is 0 Å². The van der Waals surface area contributed by atoms with Gasteiger partial charge < -0.3 is 4.74 Å². The van der Waals surface area contributed by atoms with E-state index in [1.807, 2.05) is 0 Å². The Morgan fingerprint density at radius 2 is 1.90 bits per heavy atom. The molecule has 4 nitrogen and oxygen atoms in total. The zero-order valence-corrected chi connectivity index (χ0v) is 12.6. The lowest BCUT2D eigenvalue weighted by Crippen LogP contribution is -2.45. The molecule has 0 aromatic carbocycles. The molecule has 112 valence electrons.